The topological polar surface area (TPSA) is 228 Å². The lowest BCUT2D eigenvalue weighted by Gasteiger charge is -2.23. The summed E-state index contributed by atoms with van der Waals surface area (Å²) in [5.74, 6) is -5.43. The summed E-state index contributed by atoms with van der Waals surface area (Å²) in [4.78, 5) is 58.9. The highest BCUT2D eigenvalue weighted by Crippen LogP contribution is 2.04. The second kappa shape index (κ2) is 13.8. The largest absolute Gasteiger partial charge is 0.481 e. The molecule has 0 aromatic heterocycles. The number of benzene rings is 1. The average Bonchev–Trinajstić information content (AvgIpc) is 2.78. The van der Waals surface area contributed by atoms with Gasteiger partial charge in [-0.3, -0.25) is 19.2 Å². The van der Waals surface area contributed by atoms with Crippen LogP contribution < -0.4 is 21.7 Å². The van der Waals surface area contributed by atoms with Crippen LogP contribution in [0.15, 0.2) is 30.3 Å². The first-order chi connectivity index (χ1) is 15.6. The normalized spacial score (nSPS) is 14.3. The number of aliphatic hydroxyl groups excluding tert-OH is 2. The molecule has 0 heterocycles. The van der Waals surface area contributed by atoms with Crippen LogP contribution in [0, 0.1) is 0 Å². The first kappa shape index (κ1) is 27.5. The van der Waals surface area contributed by atoms with Gasteiger partial charge in [0, 0.05) is 12.8 Å². The highest BCUT2D eigenvalue weighted by molar-refractivity contribution is 5.94. The Morgan fingerprint density at radius 1 is 0.788 bits per heavy atom. The molecule has 4 unspecified atom stereocenters. The van der Waals surface area contributed by atoms with Crippen molar-refractivity contribution >= 4 is 29.7 Å². The van der Waals surface area contributed by atoms with Crippen LogP contribution in [0.1, 0.15) is 18.4 Å². The molecule has 1 aromatic carbocycles. The molecule has 0 saturated carbocycles. The summed E-state index contributed by atoms with van der Waals surface area (Å²) < 4.78 is 0. The van der Waals surface area contributed by atoms with Crippen LogP contribution in [0.2, 0.25) is 0 Å². The zero-order valence-corrected chi connectivity index (χ0v) is 17.6. The number of nitrogens with one attached hydrogen (secondary N) is 3. The number of carbonyl (C=O) groups is 5. The minimum absolute atomic E-state index is 0.0441. The molecule has 1 rings (SSSR count). The van der Waals surface area contributed by atoms with E-state index in [1.807, 2.05) is 0 Å². The molecule has 1 aromatic rings. The summed E-state index contributed by atoms with van der Waals surface area (Å²) in [7, 11) is 0. The Kier molecular flexibility index (Phi) is 11.5. The van der Waals surface area contributed by atoms with E-state index >= 15 is 0 Å². The molecule has 4 atom stereocenters. The maximum Gasteiger partial charge on any atom is 0.326 e. The number of aliphatic carboxylic acids is 2. The van der Waals surface area contributed by atoms with Crippen LogP contribution in [0.4, 0.5) is 0 Å². The molecule has 0 bridgehead atoms. The Bertz CT molecular complexity index is 834. The van der Waals surface area contributed by atoms with Crippen molar-refractivity contribution in [3.63, 3.8) is 0 Å². The van der Waals surface area contributed by atoms with Gasteiger partial charge in [0.25, 0.3) is 0 Å². The van der Waals surface area contributed by atoms with Gasteiger partial charge < -0.3 is 42.1 Å². The number of hydrogen-bond acceptors (Lipinski definition) is 8. The molecule has 3 amide bonds. The number of rotatable bonds is 14. The minimum Gasteiger partial charge on any atom is -0.481 e. The minimum atomic E-state index is -1.57. The van der Waals surface area contributed by atoms with Gasteiger partial charge in [0.2, 0.25) is 17.7 Å². The van der Waals surface area contributed by atoms with E-state index < -0.39 is 67.0 Å². The lowest BCUT2D eigenvalue weighted by atomic mass is 10.1. The molecule has 0 aliphatic carbocycles. The smallest absolute Gasteiger partial charge is 0.326 e. The van der Waals surface area contributed by atoms with E-state index in [0.717, 1.165) is 0 Å². The molecule has 13 nitrogen and oxygen atoms in total. The Hall–Kier alpha value is -3.55. The van der Waals surface area contributed by atoms with Gasteiger partial charge in [-0.25, -0.2) is 4.79 Å². The van der Waals surface area contributed by atoms with Crippen LogP contribution >= 0.6 is 0 Å². The zero-order valence-electron chi connectivity index (χ0n) is 17.6. The number of aliphatic hydroxyl groups is 2. The van der Waals surface area contributed by atoms with Crippen LogP contribution in [0.25, 0.3) is 0 Å². The lowest BCUT2D eigenvalue weighted by molar-refractivity contribution is -0.142. The molecule has 0 saturated heterocycles. The summed E-state index contributed by atoms with van der Waals surface area (Å²) in [5.41, 5.74) is 6.18. The molecule has 0 spiro atoms. The van der Waals surface area contributed by atoms with Crippen molar-refractivity contribution in [2.24, 2.45) is 5.73 Å². The summed E-state index contributed by atoms with van der Waals surface area (Å²) in [6.07, 6.45) is -0.636. The second-order valence-electron chi connectivity index (χ2n) is 7.12. The third-order valence-electron chi connectivity index (χ3n) is 4.53. The Morgan fingerprint density at radius 2 is 1.27 bits per heavy atom. The van der Waals surface area contributed by atoms with Crippen molar-refractivity contribution in [1.82, 2.24) is 16.0 Å². The third kappa shape index (κ3) is 9.64. The van der Waals surface area contributed by atoms with Gasteiger partial charge in [-0.2, -0.15) is 0 Å². The van der Waals surface area contributed by atoms with E-state index in [4.69, 9.17) is 10.8 Å². The quantitative estimate of drug-likeness (QED) is 0.137. The average molecular weight is 468 g/mol. The van der Waals surface area contributed by atoms with E-state index in [1.54, 1.807) is 30.3 Å². The summed E-state index contributed by atoms with van der Waals surface area (Å²) in [6.45, 7) is -1.77. The predicted octanol–water partition coefficient (Wildman–Crippen LogP) is -3.06. The number of amides is 3. The Labute approximate surface area is 189 Å². The van der Waals surface area contributed by atoms with E-state index in [1.165, 1.54) is 0 Å². The number of carboxylic acid groups (broad SMARTS) is 2. The fourth-order valence-electron chi connectivity index (χ4n) is 2.67. The van der Waals surface area contributed by atoms with Crippen molar-refractivity contribution in [1.29, 1.82) is 0 Å². The first-order valence-electron chi connectivity index (χ1n) is 9.96. The maximum atomic E-state index is 12.4. The Balaban J connectivity index is 2.73. The molecular formula is C20H28N4O9. The van der Waals surface area contributed by atoms with Crippen molar-refractivity contribution < 1.29 is 44.4 Å². The van der Waals surface area contributed by atoms with Crippen molar-refractivity contribution in [2.45, 2.75) is 43.4 Å². The van der Waals surface area contributed by atoms with E-state index in [-0.39, 0.29) is 19.3 Å². The van der Waals surface area contributed by atoms with Crippen LogP contribution in [0.5, 0.6) is 0 Å². The molecule has 182 valence electrons. The van der Waals surface area contributed by atoms with Crippen molar-refractivity contribution in [2.75, 3.05) is 13.2 Å². The van der Waals surface area contributed by atoms with E-state index in [0.29, 0.717) is 5.56 Å². The molecule has 0 aliphatic rings. The molecular weight excluding hydrogens is 440 g/mol. The number of hydrogen-bond donors (Lipinski definition) is 8. The number of carbonyl (C=O) groups excluding carboxylic acids is 3. The predicted molar refractivity (Wildman–Crippen MR) is 113 cm³/mol. The molecule has 13 heteroatoms. The van der Waals surface area contributed by atoms with Gasteiger partial charge in [-0.05, 0) is 12.0 Å². The lowest BCUT2D eigenvalue weighted by Crippen LogP contribution is -2.59. The van der Waals surface area contributed by atoms with Crippen LogP contribution in [0.3, 0.4) is 0 Å². The monoisotopic (exact) mass is 468 g/mol. The highest BCUT2D eigenvalue weighted by Gasteiger charge is 2.30. The number of carboxylic acids is 2. The zero-order chi connectivity index (χ0) is 25.0. The van der Waals surface area contributed by atoms with Gasteiger partial charge in [0.15, 0.2) is 0 Å². The molecule has 0 radical (unpaired) electrons. The first-order valence-corrected chi connectivity index (χ1v) is 9.96. The SMILES string of the molecule is NC(CCC(=O)O)C(=O)NC(CO)C(=O)NC(CO)C(=O)NC(Cc1ccccc1)C(=O)O. The second-order valence-corrected chi connectivity index (χ2v) is 7.12. The maximum absolute atomic E-state index is 12.4. The van der Waals surface area contributed by atoms with E-state index in [9.17, 15) is 39.3 Å². The summed E-state index contributed by atoms with van der Waals surface area (Å²) in [6, 6.07) is 2.77. The highest BCUT2D eigenvalue weighted by atomic mass is 16.4. The molecule has 33 heavy (non-hydrogen) atoms. The fraction of sp³-hybridized carbons (Fsp3) is 0.450. The van der Waals surface area contributed by atoms with Crippen LogP contribution in [-0.4, -0.2) is 87.5 Å². The van der Waals surface area contributed by atoms with Crippen molar-refractivity contribution in [3.8, 4) is 0 Å². The van der Waals surface area contributed by atoms with Crippen molar-refractivity contribution in [3.05, 3.63) is 35.9 Å². The Morgan fingerprint density at radius 3 is 1.73 bits per heavy atom. The fourth-order valence-corrected chi connectivity index (χ4v) is 2.67. The molecule has 0 fully saturated rings. The van der Waals surface area contributed by atoms with Gasteiger partial charge >= 0.3 is 11.9 Å². The number of nitrogens with two attached hydrogens (primary N) is 1. The van der Waals surface area contributed by atoms with Gasteiger partial charge in [0.1, 0.15) is 18.1 Å². The van der Waals surface area contributed by atoms with Crippen LogP contribution in [-0.2, 0) is 30.4 Å². The van der Waals surface area contributed by atoms with Gasteiger partial charge in [-0.15, -0.1) is 0 Å². The molecule has 9 N–H and O–H groups in total. The van der Waals surface area contributed by atoms with Gasteiger partial charge in [-0.1, -0.05) is 30.3 Å². The summed E-state index contributed by atoms with van der Waals surface area (Å²) >= 11 is 0. The summed E-state index contributed by atoms with van der Waals surface area (Å²) in [5, 5.41) is 43.4. The van der Waals surface area contributed by atoms with Gasteiger partial charge in [0.05, 0.1) is 19.3 Å². The van der Waals surface area contributed by atoms with E-state index in [2.05, 4.69) is 16.0 Å². The third-order valence-corrected chi connectivity index (χ3v) is 4.53. The standard InChI is InChI=1S/C20H28N4O9/c21-12(6-7-16(27)28)17(29)23-14(9-25)19(31)24-15(10-26)18(30)22-13(20(32)33)8-11-4-2-1-3-5-11/h1-5,12-15,25-26H,6-10,21H2,(H,22,30)(H,23,29)(H,24,31)(H,27,28)(H,32,33). The molecule has 0 aliphatic heterocycles.